The van der Waals surface area contributed by atoms with Crippen LogP contribution in [0, 0.1) is 0 Å². The van der Waals surface area contributed by atoms with Crippen LogP contribution in [0.25, 0.3) is 10.2 Å². The van der Waals surface area contributed by atoms with Gasteiger partial charge in [-0.3, -0.25) is 4.79 Å². The molecule has 0 aromatic carbocycles. The van der Waals surface area contributed by atoms with Crippen LogP contribution in [0.2, 0.25) is 0 Å². The summed E-state index contributed by atoms with van der Waals surface area (Å²) in [6.45, 7) is 0. The van der Waals surface area contributed by atoms with Gasteiger partial charge in [0, 0.05) is 7.05 Å². The average Bonchev–Trinajstić information content (AvgIpc) is 2.41. The Morgan fingerprint density at radius 3 is 3.08 bits per heavy atom. The minimum atomic E-state index is -0.154. The van der Waals surface area contributed by atoms with E-state index in [1.165, 1.54) is 17.7 Å². The van der Waals surface area contributed by atoms with Crippen molar-refractivity contribution in [3.8, 4) is 0 Å². The molecule has 12 heavy (non-hydrogen) atoms. The number of aryl methyl sites for hydroxylation is 1. The van der Waals surface area contributed by atoms with Crippen molar-refractivity contribution in [3.05, 3.63) is 26.5 Å². The third-order valence-electron chi connectivity index (χ3n) is 1.60. The van der Waals surface area contributed by atoms with Gasteiger partial charge in [0.2, 0.25) is 0 Å². The lowest BCUT2D eigenvalue weighted by atomic mass is 10.5. The third-order valence-corrected chi connectivity index (χ3v) is 3.22. The molecule has 0 saturated heterocycles. The number of hydrogen-bond donors (Lipinski definition) is 0. The van der Waals surface area contributed by atoms with Gasteiger partial charge >= 0.3 is 0 Å². The Kier molecular flexibility index (Phi) is 1.77. The topological polar surface area (TPSA) is 34.9 Å². The molecule has 2 heterocycles. The van der Waals surface area contributed by atoms with Gasteiger partial charge in [-0.1, -0.05) is 0 Å². The van der Waals surface area contributed by atoms with E-state index < -0.39 is 0 Å². The molecule has 0 aliphatic heterocycles. The normalized spacial score (nSPS) is 10.8. The largest absolute Gasteiger partial charge is 0.334 e. The molecule has 0 aliphatic carbocycles. The second-order valence-corrected chi connectivity index (χ2v) is 4.86. The number of thiophene rings is 1. The monoisotopic (exact) mass is 244 g/mol. The van der Waals surface area contributed by atoms with Crippen molar-refractivity contribution in [2.45, 2.75) is 0 Å². The van der Waals surface area contributed by atoms with Crippen LogP contribution < -0.4 is 5.56 Å². The zero-order valence-electron chi connectivity index (χ0n) is 6.24. The third kappa shape index (κ3) is 1.09. The Bertz CT molecular complexity index is 488. The van der Waals surface area contributed by atoms with Crippen molar-refractivity contribution in [1.29, 1.82) is 0 Å². The van der Waals surface area contributed by atoms with E-state index in [9.17, 15) is 4.79 Å². The highest BCUT2D eigenvalue weighted by Gasteiger charge is 2.05. The summed E-state index contributed by atoms with van der Waals surface area (Å²) in [6, 6.07) is 1.92. The van der Waals surface area contributed by atoms with Crippen molar-refractivity contribution in [2.24, 2.45) is 7.05 Å². The highest BCUT2D eigenvalue weighted by Crippen LogP contribution is 2.25. The highest BCUT2D eigenvalue weighted by atomic mass is 79.9. The van der Waals surface area contributed by atoms with Crippen LogP contribution in [0.3, 0.4) is 0 Å². The first-order chi connectivity index (χ1) is 5.68. The van der Waals surface area contributed by atoms with Crippen LogP contribution in [0.15, 0.2) is 21.0 Å². The molecule has 2 rings (SSSR count). The summed E-state index contributed by atoms with van der Waals surface area (Å²) in [5.41, 5.74) is 0.769. The first-order valence-corrected chi connectivity index (χ1v) is 4.90. The number of fused-ring (bicyclic) bond motifs is 1. The summed E-state index contributed by atoms with van der Waals surface area (Å²) in [5.74, 6) is 0. The van der Waals surface area contributed by atoms with Crippen LogP contribution in [0.1, 0.15) is 0 Å². The van der Waals surface area contributed by atoms with E-state index in [4.69, 9.17) is 0 Å². The lowest BCUT2D eigenvalue weighted by Crippen LogP contribution is -2.07. The fourth-order valence-electron chi connectivity index (χ4n) is 1.03. The van der Waals surface area contributed by atoms with E-state index in [-0.39, 0.29) is 5.56 Å². The first kappa shape index (κ1) is 7.94. The summed E-state index contributed by atoms with van der Waals surface area (Å²) in [7, 11) is 1.87. The van der Waals surface area contributed by atoms with Gasteiger partial charge in [0.1, 0.15) is 4.70 Å². The van der Waals surface area contributed by atoms with Gasteiger partial charge in [-0.05, 0) is 22.0 Å². The molecular weight excluding hydrogens is 240 g/mol. The van der Waals surface area contributed by atoms with E-state index in [2.05, 4.69) is 20.9 Å². The number of nitrogens with zero attached hydrogens (tertiary/aromatic N) is 2. The molecule has 2 aromatic heterocycles. The molecule has 0 spiro atoms. The van der Waals surface area contributed by atoms with Crippen molar-refractivity contribution in [2.75, 3.05) is 0 Å². The Labute approximate surface area is 80.8 Å². The van der Waals surface area contributed by atoms with E-state index in [1.807, 2.05) is 17.7 Å². The smallest absolute Gasteiger partial charge is 0.290 e. The fraction of sp³-hybridized carbons (Fsp3) is 0.143. The predicted octanol–water partition coefficient (Wildman–Crippen LogP) is 1.76. The van der Waals surface area contributed by atoms with Gasteiger partial charge in [-0.15, -0.1) is 11.3 Å². The zero-order chi connectivity index (χ0) is 8.72. The fourth-order valence-corrected chi connectivity index (χ4v) is 2.54. The maximum absolute atomic E-state index is 11.2. The Morgan fingerprint density at radius 2 is 2.42 bits per heavy atom. The Morgan fingerprint density at radius 1 is 1.67 bits per heavy atom. The Hall–Kier alpha value is -0.680. The molecule has 0 atom stereocenters. The summed E-state index contributed by atoms with van der Waals surface area (Å²) in [6.07, 6.45) is 1.53. The molecule has 62 valence electrons. The minimum Gasteiger partial charge on any atom is -0.334 e. The molecule has 0 bridgehead atoms. The summed E-state index contributed by atoms with van der Waals surface area (Å²) >= 11 is 4.75. The van der Waals surface area contributed by atoms with Gasteiger partial charge in [0.25, 0.3) is 5.56 Å². The van der Waals surface area contributed by atoms with Crippen molar-refractivity contribution >= 4 is 37.5 Å². The van der Waals surface area contributed by atoms with Crippen LogP contribution in [0.5, 0.6) is 0 Å². The van der Waals surface area contributed by atoms with Crippen LogP contribution in [-0.2, 0) is 7.05 Å². The number of rotatable bonds is 0. The first-order valence-electron chi connectivity index (χ1n) is 3.29. The highest BCUT2D eigenvalue weighted by molar-refractivity contribution is 9.11. The molecule has 0 unspecified atom stereocenters. The van der Waals surface area contributed by atoms with Gasteiger partial charge in [-0.25, -0.2) is 0 Å². The molecule has 0 N–H and O–H groups in total. The molecule has 3 nitrogen and oxygen atoms in total. The zero-order valence-corrected chi connectivity index (χ0v) is 8.65. The van der Waals surface area contributed by atoms with Gasteiger partial charge in [0.15, 0.2) is 0 Å². The number of halogens is 1. The standard InChI is InChI=1S/C7H5BrN2OS/c1-10-3-9-7(11)6-4(10)2-5(8)12-6/h2-3H,1H3. The summed E-state index contributed by atoms with van der Waals surface area (Å²) < 4.78 is 3.49. The molecule has 0 aliphatic rings. The SMILES string of the molecule is Cn1cnc(=O)c2sc(Br)cc21. The molecule has 0 fully saturated rings. The minimum absolute atomic E-state index is 0.154. The second kappa shape index (κ2) is 2.67. The molecule has 0 radical (unpaired) electrons. The van der Waals surface area contributed by atoms with Crippen LogP contribution in [0.4, 0.5) is 0 Å². The summed E-state index contributed by atoms with van der Waals surface area (Å²) in [4.78, 5) is 14.9. The van der Waals surface area contributed by atoms with E-state index in [0.717, 1.165) is 9.30 Å². The van der Waals surface area contributed by atoms with E-state index in [0.29, 0.717) is 4.70 Å². The molecule has 0 saturated carbocycles. The van der Waals surface area contributed by atoms with Crippen molar-refractivity contribution in [1.82, 2.24) is 9.55 Å². The molecule has 5 heteroatoms. The molecule has 0 amide bonds. The van der Waals surface area contributed by atoms with Crippen LogP contribution in [-0.4, -0.2) is 9.55 Å². The maximum atomic E-state index is 11.2. The van der Waals surface area contributed by atoms with E-state index >= 15 is 0 Å². The number of aromatic nitrogens is 2. The van der Waals surface area contributed by atoms with Crippen molar-refractivity contribution in [3.63, 3.8) is 0 Å². The van der Waals surface area contributed by atoms with Gasteiger partial charge in [-0.2, -0.15) is 4.98 Å². The Balaban J connectivity index is 3.03. The van der Waals surface area contributed by atoms with Gasteiger partial charge in [0.05, 0.1) is 15.6 Å². The lowest BCUT2D eigenvalue weighted by Gasteiger charge is -1.95. The lowest BCUT2D eigenvalue weighted by molar-refractivity contribution is 0.904. The number of hydrogen-bond acceptors (Lipinski definition) is 3. The molecule has 2 aromatic rings. The van der Waals surface area contributed by atoms with Crippen LogP contribution >= 0.6 is 27.3 Å². The average molecular weight is 245 g/mol. The van der Waals surface area contributed by atoms with Crippen molar-refractivity contribution < 1.29 is 0 Å². The predicted molar refractivity (Wildman–Crippen MR) is 52.6 cm³/mol. The maximum Gasteiger partial charge on any atom is 0.290 e. The quantitative estimate of drug-likeness (QED) is 0.708. The second-order valence-electron chi connectivity index (χ2n) is 2.43. The molecular formula is C7H5BrN2OS. The van der Waals surface area contributed by atoms with Gasteiger partial charge < -0.3 is 4.57 Å². The summed E-state index contributed by atoms with van der Waals surface area (Å²) in [5, 5.41) is 0. The van der Waals surface area contributed by atoms with E-state index in [1.54, 1.807) is 0 Å².